The van der Waals surface area contributed by atoms with Gasteiger partial charge in [0.25, 0.3) is 0 Å². The van der Waals surface area contributed by atoms with Crippen LogP contribution in [0.4, 0.5) is 4.39 Å². The summed E-state index contributed by atoms with van der Waals surface area (Å²) in [6.45, 7) is 2.60. The van der Waals surface area contributed by atoms with Crippen molar-refractivity contribution >= 4 is 23.2 Å². The Hall–Kier alpha value is -0.310. The molecule has 1 nitrogen and oxygen atoms in total. The number of benzene rings is 1. The van der Waals surface area contributed by atoms with E-state index in [-0.39, 0.29) is 5.82 Å². The summed E-state index contributed by atoms with van der Waals surface area (Å²) in [6, 6.07) is 5.08. The van der Waals surface area contributed by atoms with Gasteiger partial charge in [-0.2, -0.15) is 0 Å². The molecule has 1 aromatic carbocycles. The third-order valence-corrected chi connectivity index (χ3v) is 3.00. The van der Waals surface area contributed by atoms with E-state index in [9.17, 15) is 4.39 Å². The van der Waals surface area contributed by atoms with Crippen molar-refractivity contribution in [2.45, 2.75) is 32.4 Å². The van der Waals surface area contributed by atoms with Gasteiger partial charge in [0.2, 0.25) is 0 Å². The zero-order valence-electron chi connectivity index (χ0n) is 9.27. The van der Waals surface area contributed by atoms with Crippen LogP contribution < -0.4 is 5.32 Å². The first-order valence-corrected chi connectivity index (χ1v) is 6.32. The fraction of sp³-hybridized carbons (Fsp3) is 0.500. The molecule has 0 bridgehead atoms. The minimum atomic E-state index is -0.263. The minimum Gasteiger partial charge on any atom is -0.310 e. The largest absolute Gasteiger partial charge is 0.310 e. The highest BCUT2D eigenvalue weighted by molar-refractivity contribution is 6.30. The maximum Gasteiger partial charge on any atom is 0.129 e. The van der Waals surface area contributed by atoms with Gasteiger partial charge in [0, 0.05) is 29.1 Å². The van der Waals surface area contributed by atoms with Gasteiger partial charge in [0.15, 0.2) is 0 Å². The quantitative estimate of drug-likeness (QED) is 0.766. The molecule has 0 amide bonds. The molecule has 90 valence electrons. The molecule has 0 saturated heterocycles. The molecule has 1 atom stereocenters. The van der Waals surface area contributed by atoms with Crippen LogP contribution in [0.15, 0.2) is 18.2 Å². The van der Waals surface area contributed by atoms with Crippen LogP contribution in [0.2, 0.25) is 5.02 Å². The molecule has 0 saturated carbocycles. The van der Waals surface area contributed by atoms with Crippen molar-refractivity contribution in [3.63, 3.8) is 0 Å². The summed E-state index contributed by atoms with van der Waals surface area (Å²) in [4.78, 5) is 0. The van der Waals surface area contributed by atoms with Crippen LogP contribution in [0.25, 0.3) is 0 Å². The van der Waals surface area contributed by atoms with E-state index < -0.39 is 0 Å². The number of hydrogen-bond donors (Lipinski definition) is 1. The second-order valence-corrected chi connectivity index (χ2v) is 4.51. The lowest BCUT2D eigenvalue weighted by Crippen LogP contribution is -2.28. The van der Waals surface area contributed by atoms with Gasteiger partial charge in [0.1, 0.15) is 5.82 Å². The predicted molar refractivity (Wildman–Crippen MR) is 67.7 cm³/mol. The number of rotatable bonds is 6. The monoisotopic (exact) mass is 263 g/mol. The normalized spacial score (nSPS) is 12.8. The van der Waals surface area contributed by atoms with Gasteiger partial charge in [-0.25, -0.2) is 4.39 Å². The zero-order chi connectivity index (χ0) is 12.0. The Balaban J connectivity index is 2.53. The summed E-state index contributed by atoms with van der Waals surface area (Å²) >= 11 is 11.4. The number of alkyl halides is 1. The summed E-state index contributed by atoms with van der Waals surface area (Å²) in [5.41, 5.74) is 0.637. The van der Waals surface area contributed by atoms with E-state index in [0.29, 0.717) is 29.1 Å². The van der Waals surface area contributed by atoms with E-state index in [2.05, 4.69) is 12.2 Å². The molecule has 1 unspecified atom stereocenters. The van der Waals surface area contributed by atoms with Crippen molar-refractivity contribution in [3.8, 4) is 0 Å². The standard InChI is InChI=1S/C12H16Cl2FN/c1-2-11(5-6-13)16-8-9-3-4-10(14)7-12(9)15/h3-4,7,11,16H,2,5-6,8H2,1H3. The summed E-state index contributed by atoms with van der Waals surface area (Å²) < 4.78 is 13.4. The molecular formula is C12H16Cl2FN. The molecule has 0 aromatic heterocycles. The lowest BCUT2D eigenvalue weighted by Gasteiger charge is -2.15. The fourth-order valence-corrected chi connectivity index (χ4v) is 1.92. The average molecular weight is 264 g/mol. The van der Waals surface area contributed by atoms with E-state index in [0.717, 1.165) is 12.8 Å². The van der Waals surface area contributed by atoms with Crippen LogP contribution in [0.3, 0.4) is 0 Å². The Morgan fingerprint density at radius 3 is 2.75 bits per heavy atom. The van der Waals surface area contributed by atoms with E-state index >= 15 is 0 Å². The van der Waals surface area contributed by atoms with E-state index in [1.54, 1.807) is 12.1 Å². The highest BCUT2D eigenvalue weighted by Gasteiger charge is 2.07. The van der Waals surface area contributed by atoms with Gasteiger partial charge >= 0.3 is 0 Å². The maximum atomic E-state index is 13.4. The van der Waals surface area contributed by atoms with Crippen LogP contribution in [0.1, 0.15) is 25.3 Å². The van der Waals surface area contributed by atoms with Crippen molar-refractivity contribution < 1.29 is 4.39 Å². The Morgan fingerprint density at radius 2 is 2.19 bits per heavy atom. The Morgan fingerprint density at radius 1 is 1.44 bits per heavy atom. The first-order chi connectivity index (χ1) is 7.67. The van der Waals surface area contributed by atoms with Crippen molar-refractivity contribution in [2.24, 2.45) is 0 Å². The SMILES string of the molecule is CCC(CCCl)NCc1ccc(Cl)cc1F. The number of halogens is 3. The Kier molecular flexibility index (Phi) is 6.10. The molecule has 4 heteroatoms. The number of nitrogens with one attached hydrogen (secondary N) is 1. The summed E-state index contributed by atoms with van der Waals surface area (Å²) in [7, 11) is 0. The fourth-order valence-electron chi connectivity index (χ4n) is 1.50. The lowest BCUT2D eigenvalue weighted by molar-refractivity contribution is 0.476. The highest BCUT2D eigenvalue weighted by atomic mass is 35.5. The van der Waals surface area contributed by atoms with Gasteiger partial charge < -0.3 is 5.32 Å². The van der Waals surface area contributed by atoms with Gasteiger partial charge in [-0.3, -0.25) is 0 Å². The van der Waals surface area contributed by atoms with Crippen molar-refractivity contribution in [3.05, 3.63) is 34.6 Å². The second-order valence-electron chi connectivity index (χ2n) is 3.70. The molecular weight excluding hydrogens is 248 g/mol. The van der Waals surface area contributed by atoms with Gasteiger partial charge in [0.05, 0.1) is 0 Å². The van der Waals surface area contributed by atoms with Crippen LogP contribution >= 0.6 is 23.2 Å². The molecule has 0 aliphatic carbocycles. The number of hydrogen-bond acceptors (Lipinski definition) is 1. The maximum absolute atomic E-state index is 13.4. The van der Waals surface area contributed by atoms with Crippen LogP contribution in [0.5, 0.6) is 0 Å². The van der Waals surface area contributed by atoms with E-state index in [1.807, 2.05) is 0 Å². The first-order valence-electron chi connectivity index (χ1n) is 5.40. The smallest absolute Gasteiger partial charge is 0.129 e. The summed E-state index contributed by atoms with van der Waals surface area (Å²) in [6.07, 6.45) is 1.88. The van der Waals surface area contributed by atoms with E-state index in [4.69, 9.17) is 23.2 Å². The molecule has 0 heterocycles. The summed E-state index contributed by atoms with van der Waals surface area (Å²) in [5, 5.41) is 3.70. The van der Waals surface area contributed by atoms with Crippen LogP contribution in [0, 0.1) is 5.82 Å². The van der Waals surface area contributed by atoms with Crippen LogP contribution in [-0.4, -0.2) is 11.9 Å². The van der Waals surface area contributed by atoms with Gasteiger partial charge in [-0.15, -0.1) is 11.6 Å². The predicted octanol–water partition coefficient (Wildman–Crippen LogP) is 3.98. The van der Waals surface area contributed by atoms with E-state index in [1.165, 1.54) is 6.07 Å². The minimum absolute atomic E-state index is 0.263. The highest BCUT2D eigenvalue weighted by Crippen LogP contribution is 2.14. The lowest BCUT2D eigenvalue weighted by atomic mass is 10.1. The van der Waals surface area contributed by atoms with Crippen molar-refractivity contribution in [1.29, 1.82) is 0 Å². The molecule has 0 aliphatic heterocycles. The second kappa shape index (κ2) is 7.10. The molecule has 1 aromatic rings. The third-order valence-electron chi connectivity index (χ3n) is 2.55. The Bertz CT molecular complexity index is 331. The summed E-state index contributed by atoms with van der Waals surface area (Å²) in [5.74, 6) is 0.356. The van der Waals surface area contributed by atoms with Gasteiger partial charge in [-0.05, 0) is 25.0 Å². The molecule has 0 radical (unpaired) electrons. The zero-order valence-corrected chi connectivity index (χ0v) is 10.8. The molecule has 1 N–H and O–H groups in total. The Labute approximate surface area is 106 Å². The van der Waals surface area contributed by atoms with Crippen molar-refractivity contribution in [2.75, 3.05) is 5.88 Å². The molecule has 1 rings (SSSR count). The molecule has 0 spiro atoms. The first kappa shape index (κ1) is 13.8. The molecule has 0 aliphatic rings. The average Bonchev–Trinajstić information content (AvgIpc) is 2.26. The molecule has 16 heavy (non-hydrogen) atoms. The van der Waals surface area contributed by atoms with Crippen LogP contribution in [-0.2, 0) is 6.54 Å². The topological polar surface area (TPSA) is 12.0 Å². The van der Waals surface area contributed by atoms with Crippen molar-refractivity contribution in [1.82, 2.24) is 5.32 Å². The third kappa shape index (κ3) is 4.28. The molecule has 0 fully saturated rings. The van der Waals surface area contributed by atoms with Gasteiger partial charge in [-0.1, -0.05) is 24.6 Å².